The van der Waals surface area contributed by atoms with Crippen molar-refractivity contribution in [2.24, 2.45) is 12.8 Å². The summed E-state index contributed by atoms with van der Waals surface area (Å²) < 4.78 is 1.76. The van der Waals surface area contributed by atoms with Crippen molar-refractivity contribution in [3.63, 3.8) is 0 Å². The molecular weight excluding hydrogens is 342 g/mol. The zero-order chi connectivity index (χ0) is 19.0. The molecule has 2 aromatic heterocycles. The number of nitrogens with two attached hydrogens (primary N) is 1. The van der Waals surface area contributed by atoms with E-state index in [0.717, 1.165) is 22.4 Å². The van der Waals surface area contributed by atoms with Gasteiger partial charge in [0.15, 0.2) is 5.65 Å². The van der Waals surface area contributed by atoms with Crippen molar-refractivity contribution in [3.8, 4) is 0 Å². The molecule has 4 rings (SSSR count). The summed E-state index contributed by atoms with van der Waals surface area (Å²) in [5.41, 5.74) is 7.84. The fraction of sp³-hybridized carbons (Fsp3) is 0.368. The molecule has 0 bridgehead atoms. The molecule has 1 fully saturated rings. The highest BCUT2D eigenvalue weighted by Crippen LogP contribution is 2.25. The van der Waals surface area contributed by atoms with E-state index in [4.69, 9.17) is 5.73 Å². The van der Waals surface area contributed by atoms with E-state index in [1.807, 2.05) is 49.2 Å². The molecular formula is C19H23N7O. The molecule has 3 aromatic rings. The maximum atomic E-state index is 12.8. The lowest BCUT2D eigenvalue weighted by Crippen LogP contribution is -2.51. The zero-order valence-electron chi connectivity index (χ0n) is 15.5. The fourth-order valence-corrected chi connectivity index (χ4v) is 3.49. The van der Waals surface area contributed by atoms with Gasteiger partial charge in [-0.25, -0.2) is 9.97 Å². The predicted molar refractivity (Wildman–Crippen MR) is 103 cm³/mol. The van der Waals surface area contributed by atoms with Gasteiger partial charge in [0.1, 0.15) is 17.7 Å². The number of benzene rings is 1. The van der Waals surface area contributed by atoms with Gasteiger partial charge in [-0.15, -0.1) is 0 Å². The normalized spacial score (nSPS) is 16.0. The highest BCUT2D eigenvalue weighted by Gasteiger charge is 2.27. The van der Waals surface area contributed by atoms with Crippen molar-refractivity contribution in [2.75, 3.05) is 31.1 Å². The summed E-state index contributed by atoms with van der Waals surface area (Å²) >= 11 is 0. The highest BCUT2D eigenvalue weighted by atomic mass is 16.2. The summed E-state index contributed by atoms with van der Waals surface area (Å²) in [7, 11) is 1.88. The third kappa shape index (κ3) is 3.23. The Labute approximate surface area is 157 Å². The number of aryl methyl sites for hydroxylation is 2. The van der Waals surface area contributed by atoms with Crippen LogP contribution >= 0.6 is 0 Å². The van der Waals surface area contributed by atoms with E-state index >= 15 is 0 Å². The van der Waals surface area contributed by atoms with Gasteiger partial charge in [0.05, 0.1) is 11.6 Å². The average Bonchev–Trinajstić information content (AvgIpc) is 3.08. The number of hydrogen-bond acceptors (Lipinski definition) is 6. The minimum absolute atomic E-state index is 0.0359. The first kappa shape index (κ1) is 17.4. The molecule has 1 aliphatic heterocycles. The molecule has 1 saturated heterocycles. The summed E-state index contributed by atoms with van der Waals surface area (Å²) in [4.78, 5) is 25.9. The van der Waals surface area contributed by atoms with Crippen LogP contribution in [-0.2, 0) is 11.8 Å². The van der Waals surface area contributed by atoms with Gasteiger partial charge in [-0.2, -0.15) is 5.10 Å². The number of rotatable bonds is 3. The summed E-state index contributed by atoms with van der Waals surface area (Å²) in [5.74, 6) is 1.56. The monoisotopic (exact) mass is 365 g/mol. The number of anilines is 1. The number of piperazine rings is 1. The van der Waals surface area contributed by atoms with Crippen LogP contribution in [0, 0.1) is 6.92 Å². The Morgan fingerprint density at radius 2 is 1.81 bits per heavy atom. The molecule has 1 aliphatic rings. The topological polar surface area (TPSA) is 93.2 Å². The lowest BCUT2D eigenvalue weighted by molar-refractivity contribution is -0.133. The van der Waals surface area contributed by atoms with E-state index in [2.05, 4.69) is 20.0 Å². The van der Waals surface area contributed by atoms with Crippen LogP contribution in [0.1, 0.15) is 17.4 Å². The summed E-state index contributed by atoms with van der Waals surface area (Å²) in [6.45, 7) is 4.52. The first-order valence-electron chi connectivity index (χ1n) is 9.05. The molecule has 3 heterocycles. The van der Waals surface area contributed by atoms with Crippen LogP contribution < -0.4 is 10.6 Å². The van der Waals surface area contributed by atoms with Crippen molar-refractivity contribution in [2.45, 2.75) is 13.0 Å². The fourth-order valence-electron chi connectivity index (χ4n) is 3.49. The Kier molecular flexibility index (Phi) is 4.49. The number of nitrogens with zero attached hydrogens (tertiary/aromatic N) is 6. The van der Waals surface area contributed by atoms with E-state index < -0.39 is 6.04 Å². The van der Waals surface area contributed by atoms with Crippen LogP contribution in [0.25, 0.3) is 11.0 Å². The summed E-state index contributed by atoms with van der Waals surface area (Å²) in [6, 6.07) is 8.88. The average molecular weight is 365 g/mol. The van der Waals surface area contributed by atoms with E-state index in [1.54, 1.807) is 10.9 Å². The van der Waals surface area contributed by atoms with Crippen LogP contribution in [0.5, 0.6) is 0 Å². The Morgan fingerprint density at radius 1 is 1.11 bits per heavy atom. The third-order valence-corrected chi connectivity index (χ3v) is 5.00. The van der Waals surface area contributed by atoms with E-state index in [-0.39, 0.29) is 5.91 Å². The number of fused-ring (bicyclic) bond motifs is 1. The van der Waals surface area contributed by atoms with E-state index in [9.17, 15) is 4.79 Å². The molecule has 1 amide bonds. The van der Waals surface area contributed by atoms with E-state index in [1.165, 1.54) is 0 Å². The van der Waals surface area contributed by atoms with Gasteiger partial charge in [0, 0.05) is 33.2 Å². The Bertz CT molecular complexity index is 961. The molecule has 0 radical (unpaired) electrons. The van der Waals surface area contributed by atoms with Gasteiger partial charge in [0.25, 0.3) is 0 Å². The van der Waals surface area contributed by atoms with Gasteiger partial charge in [0.2, 0.25) is 5.91 Å². The quantitative estimate of drug-likeness (QED) is 0.745. The first-order valence-corrected chi connectivity index (χ1v) is 9.05. The molecule has 0 saturated carbocycles. The SMILES string of the molecule is Cc1nc(N2CCN(C(=O)C(N)c3ccccc3)CC2)c2cnn(C)c2n1. The standard InChI is InChI=1S/C19H23N7O/c1-13-22-17-15(12-21-24(17)2)18(23-13)25-8-10-26(11-9-25)19(27)16(20)14-6-4-3-5-7-14/h3-7,12,16H,8-11,20H2,1-2H3. The van der Waals surface area contributed by atoms with Crippen LogP contribution in [0.2, 0.25) is 0 Å². The van der Waals surface area contributed by atoms with Gasteiger partial charge in [-0.3, -0.25) is 9.48 Å². The molecule has 27 heavy (non-hydrogen) atoms. The molecule has 140 valence electrons. The number of carbonyl (C=O) groups is 1. The minimum atomic E-state index is -0.621. The maximum Gasteiger partial charge on any atom is 0.244 e. The van der Waals surface area contributed by atoms with Crippen molar-refractivity contribution in [3.05, 3.63) is 47.9 Å². The van der Waals surface area contributed by atoms with Gasteiger partial charge in [-0.05, 0) is 12.5 Å². The number of aromatic nitrogens is 4. The molecule has 8 nitrogen and oxygen atoms in total. The third-order valence-electron chi connectivity index (χ3n) is 5.00. The van der Waals surface area contributed by atoms with Crippen molar-refractivity contribution < 1.29 is 4.79 Å². The second-order valence-corrected chi connectivity index (χ2v) is 6.80. The second kappa shape index (κ2) is 6.96. The van der Waals surface area contributed by atoms with Gasteiger partial charge >= 0.3 is 0 Å². The van der Waals surface area contributed by atoms with Crippen LogP contribution in [0.3, 0.4) is 0 Å². The van der Waals surface area contributed by atoms with Crippen molar-refractivity contribution in [1.82, 2.24) is 24.6 Å². The Hall–Kier alpha value is -3.00. The number of amides is 1. The zero-order valence-corrected chi connectivity index (χ0v) is 15.5. The molecule has 1 aromatic carbocycles. The maximum absolute atomic E-state index is 12.8. The number of hydrogen-bond donors (Lipinski definition) is 1. The highest BCUT2D eigenvalue weighted by molar-refractivity contribution is 5.87. The minimum Gasteiger partial charge on any atom is -0.352 e. The van der Waals surface area contributed by atoms with Crippen LogP contribution in [-0.4, -0.2) is 56.7 Å². The lowest BCUT2D eigenvalue weighted by Gasteiger charge is -2.36. The second-order valence-electron chi connectivity index (χ2n) is 6.80. The van der Waals surface area contributed by atoms with Crippen LogP contribution in [0.4, 0.5) is 5.82 Å². The molecule has 2 N–H and O–H groups in total. The molecule has 1 atom stereocenters. The number of carbonyl (C=O) groups excluding carboxylic acids is 1. The van der Waals surface area contributed by atoms with Crippen LogP contribution in [0.15, 0.2) is 36.5 Å². The Balaban J connectivity index is 1.49. The smallest absolute Gasteiger partial charge is 0.244 e. The molecule has 1 unspecified atom stereocenters. The molecule has 0 spiro atoms. The largest absolute Gasteiger partial charge is 0.352 e. The lowest BCUT2D eigenvalue weighted by atomic mass is 10.1. The van der Waals surface area contributed by atoms with Gasteiger partial charge < -0.3 is 15.5 Å². The summed E-state index contributed by atoms with van der Waals surface area (Å²) in [5, 5.41) is 5.23. The van der Waals surface area contributed by atoms with Gasteiger partial charge in [-0.1, -0.05) is 30.3 Å². The van der Waals surface area contributed by atoms with Crippen molar-refractivity contribution >= 4 is 22.8 Å². The summed E-state index contributed by atoms with van der Waals surface area (Å²) in [6.07, 6.45) is 1.80. The first-order chi connectivity index (χ1) is 13.0. The Morgan fingerprint density at radius 3 is 2.52 bits per heavy atom. The molecule has 8 heteroatoms. The predicted octanol–water partition coefficient (Wildman–Crippen LogP) is 1.02. The molecule has 0 aliphatic carbocycles. The van der Waals surface area contributed by atoms with E-state index in [0.29, 0.717) is 32.0 Å². The van der Waals surface area contributed by atoms with Crippen molar-refractivity contribution in [1.29, 1.82) is 0 Å².